The molecule has 1 aliphatic heterocycles. The van der Waals surface area contributed by atoms with Crippen molar-refractivity contribution >= 4 is 37.6 Å². The van der Waals surface area contributed by atoms with Crippen LogP contribution in [0.3, 0.4) is 0 Å². The Labute approximate surface area is 120 Å². The van der Waals surface area contributed by atoms with Gasteiger partial charge in [0, 0.05) is 17.6 Å². The molecule has 0 radical (unpaired) electrons. The number of rotatable bonds is 3. The van der Waals surface area contributed by atoms with Crippen molar-refractivity contribution in [3.8, 4) is 0 Å². The zero-order valence-electron chi connectivity index (χ0n) is 9.70. The van der Waals surface area contributed by atoms with Crippen LogP contribution in [0.5, 0.6) is 0 Å². The fraction of sp³-hybridized carbons (Fsp3) is 0.455. The number of hydrogen-bond acceptors (Lipinski definition) is 3. The molecular formula is C11H14BrClN2O2S. The summed E-state index contributed by atoms with van der Waals surface area (Å²) in [7, 11) is -3.51. The first-order valence-electron chi connectivity index (χ1n) is 5.71. The van der Waals surface area contributed by atoms with E-state index in [-0.39, 0.29) is 4.90 Å². The minimum atomic E-state index is -3.51. The largest absolute Gasteiger partial charge is 0.253 e. The smallest absolute Gasteiger partial charge is 0.230 e. The fourth-order valence-electron chi connectivity index (χ4n) is 1.85. The highest BCUT2D eigenvalue weighted by atomic mass is 79.9. The van der Waals surface area contributed by atoms with Crippen LogP contribution in [0.1, 0.15) is 19.3 Å². The molecule has 4 nitrogen and oxygen atoms in total. The maximum absolute atomic E-state index is 12.1. The van der Waals surface area contributed by atoms with Crippen molar-refractivity contribution in [2.75, 3.05) is 13.1 Å². The molecule has 1 fully saturated rings. The zero-order valence-corrected chi connectivity index (χ0v) is 12.9. The molecule has 1 N–H and O–H groups in total. The molecule has 0 aromatic heterocycles. The second-order valence-corrected chi connectivity index (χ2v) is 7.14. The van der Waals surface area contributed by atoms with Gasteiger partial charge in [-0.25, -0.2) is 13.4 Å². The SMILES string of the molecule is O=S(=O)(NN1CCCCC1)c1ccc(Cl)c(Br)c1. The van der Waals surface area contributed by atoms with E-state index in [2.05, 4.69) is 20.8 Å². The van der Waals surface area contributed by atoms with Crippen LogP contribution in [0.4, 0.5) is 0 Å². The fourth-order valence-corrected chi connectivity index (χ4v) is 3.65. The van der Waals surface area contributed by atoms with Crippen molar-refractivity contribution in [2.24, 2.45) is 0 Å². The monoisotopic (exact) mass is 352 g/mol. The van der Waals surface area contributed by atoms with Crippen LogP contribution < -0.4 is 4.83 Å². The van der Waals surface area contributed by atoms with Gasteiger partial charge in [-0.2, -0.15) is 0 Å². The van der Waals surface area contributed by atoms with Crippen molar-refractivity contribution < 1.29 is 8.42 Å². The van der Waals surface area contributed by atoms with E-state index in [1.807, 2.05) is 0 Å². The van der Waals surface area contributed by atoms with Crippen molar-refractivity contribution in [2.45, 2.75) is 24.2 Å². The molecule has 1 saturated heterocycles. The molecule has 100 valence electrons. The lowest BCUT2D eigenvalue weighted by Crippen LogP contribution is -2.44. The highest BCUT2D eigenvalue weighted by Gasteiger charge is 2.20. The van der Waals surface area contributed by atoms with E-state index in [1.54, 1.807) is 11.1 Å². The molecular weight excluding hydrogens is 340 g/mol. The molecule has 0 bridgehead atoms. The molecule has 18 heavy (non-hydrogen) atoms. The van der Waals surface area contributed by atoms with E-state index in [9.17, 15) is 8.42 Å². The lowest BCUT2D eigenvalue weighted by atomic mass is 10.2. The van der Waals surface area contributed by atoms with E-state index in [0.29, 0.717) is 9.50 Å². The highest BCUT2D eigenvalue weighted by molar-refractivity contribution is 9.10. The molecule has 1 heterocycles. The molecule has 0 amide bonds. The van der Waals surface area contributed by atoms with Crippen molar-refractivity contribution in [3.05, 3.63) is 27.7 Å². The van der Waals surface area contributed by atoms with Gasteiger partial charge < -0.3 is 0 Å². The Kier molecular flexibility index (Phi) is 4.66. The molecule has 0 atom stereocenters. The topological polar surface area (TPSA) is 49.4 Å². The molecule has 0 saturated carbocycles. The lowest BCUT2D eigenvalue weighted by Gasteiger charge is -2.26. The summed E-state index contributed by atoms with van der Waals surface area (Å²) in [4.78, 5) is 2.81. The Bertz CT molecular complexity index is 530. The van der Waals surface area contributed by atoms with Crippen LogP contribution in [-0.4, -0.2) is 26.5 Å². The van der Waals surface area contributed by atoms with Crippen LogP contribution in [0, 0.1) is 0 Å². The maximum atomic E-state index is 12.1. The van der Waals surface area contributed by atoms with Gasteiger partial charge in [-0.1, -0.05) is 18.0 Å². The number of nitrogens with zero attached hydrogens (tertiary/aromatic N) is 1. The van der Waals surface area contributed by atoms with Gasteiger partial charge in [0.05, 0.1) is 9.92 Å². The summed E-state index contributed by atoms with van der Waals surface area (Å²) in [6, 6.07) is 4.57. The third-order valence-corrected chi connectivity index (χ3v) is 5.39. The summed E-state index contributed by atoms with van der Waals surface area (Å²) in [5.74, 6) is 0. The van der Waals surface area contributed by atoms with Gasteiger partial charge >= 0.3 is 0 Å². The second kappa shape index (κ2) is 5.88. The Hall–Kier alpha value is -0.140. The first-order valence-corrected chi connectivity index (χ1v) is 8.37. The number of sulfonamides is 1. The minimum absolute atomic E-state index is 0.212. The summed E-state index contributed by atoms with van der Waals surface area (Å²) in [6.45, 7) is 1.52. The Morgan fingerprint density at radius 2 is 1.89 bits per heavy atom. The molecule has 2 rings (SSSR count). The number of nitrogens with one attached hydrogen (secondary N) is 1. The zero-order chi connectivity index (χ0) is 13.2. The first kappa shape index (κ1) is 14.3. The van der Waals surface area contributed by atoms with E-state index in [0.717, 1.165) is 32.4 Å². The van der Waals surface area contributed by atoms with Gasteiger partial charge in [0.1, 0.15) is 0 Å². The van der Waals surface area contributed by atoms with Crippen LogP contribution in [0.25, 0.3) is 0 Å². The summed E-state index contributed by atoms with van der Waals surface area (Å²) in [5, 5.41) is 2.24. The molecule has 7 heteroatoms. The van der Waals surface area contributed by atoms with Gasteiger partial charge in [0.25, 0.3) is 10.0 Å². The van der Waals surface area contributed by atoms with Crippen LogP contribution >= 0.6 is 27.5 Å². The van der Waals surface area contributed by atoms with Crippen molar-refractivity contribution in [3.63, 3.8) is 0 Å². The number of hydrazine groups is 1. The Morgan fingerprint density at radius 3 is 2.50 bits per heavy atom. The number of benzene rings is 1. The number of piperidine rings is 1. The average Bonchev–Trinajstić information content (AvgIpc) is 2.33. The molecule has 0 aliphatic carbocycles. The first-order chi connectivity index (χ1) is 8.49. The molecule has 0 spiro atoms. The summed E-state index contributed by atoms with van der Waals surface area (Å²) < 4.78 is 24.9. The van der Waals surface area contributed by atoms with Gasteiger partial charge in [0.15, 0.2) is 0 Å². The summed E-state index contributed by atoms with van der Waals surface area (Å²) >= 11 is 9.08. The van der Waals surface area contributed by atoms with Gasteiger partial charge in [-0.3, -0.25) is 0 Å². The maximum Gasteiger partial charge on any atom is 0.253 e. The van der Waals surface area contributed by atoms with Gasteiger partial charge in [-0.05, 0) is 47.0 Å². The highest BCUT2D eigenvalue weighted by Crippen LogP contribution is 2.25. The third kappa shape index (κ3) is 3.45. The predicted octanol–water partition coefficient (Wildman–Crippen LogP) is 2.78. The summed E-state index contributed by atoms with van der Waals surface area (Å²) in [6.07, 6.45) is 3.20. The summed E-state index contributed by atoms with van der Waals surface area (Å²) in [5.41, 5.74) is 0. The lowest BCUT2D eigenvalue weighted by molar-refractivity contribution is 0.200. The molecule has 1 aliphatic rings. The normalized spacial score (nSPS) is 17.9. The van der Waals surface area contributed by atoms with E-state index < -0.39 is 10.0 Å². The van der Waals surface area contributed by atoms with E-state index >= 15 is 0 Å². The van der Waals surface area contributed by atoms with Crippen molar-refractivity contribution in [1.29, 1.82) is 0 Å². The second-order valence-electron chi connectivity index (χ2n) is 4.22. The number of halogens is 2. The van der Waals surface area contributed by atoms with Crippen molar-refractivity contribution in [1.82, 2.24) is 9.84 Å². The predicted molar refractivity (Wildman–Crippen MR) is 74.9 cm³/mol. The quantitative estimate of drug-likeness (QED) is 0.909. The minimum Gasteiger partial charge on any atom is -0.230 e. The van der Waals surface area contributed by atoms with E-state index in [1.165, 1.54) is 12.1 Å². The average molecular weight is 354 g/mol. The molecule has 0 unspecified atom stereocenters. The third-order valence-electron chi connectivity index (χ3n) is 2.81. The van der Waals surface area contributed by atoms with Crippen LogP contribution in [0.2, 0.25) is 5.02 Å². The van der Waals surface area contributed by atoms with Crippen LogP contribution in [-0.2, 0) is 10.0 Å². The number of hydrogen-bond donors (Lipinski definition) is 1. The van der Waals surface area contributed by atoms with Crippen LogP contribution in [0.15, 0.2) is 27.6 Å². The molecule has 1 aromatic rings. The van der Waals surface area contributed by atoms with E-state index in [4.69, 9.17) is 11.6 Å². The standard InChI is InChI=1S/C11H14BrClN2O2S/c12-10-8-9(4-5-11(10)13)18(16,17)14-15-6-2-1-3-7-15/h4-5,8,14H,1-3,6-7H2. The Morgan fingerprint density at radius 1 is 1.22 bits per heavy atom. The van der Waals surface area contributed by atoms with Gasteiger partial charge in [-0.15, -0.1) is 4.83 Å². The Balaban J connectivity index is 2.16. The molecule has 1 aromatic carbocycles. The van der Waals surface area contributed by atoms with Gasteiger partial charge in [0.2, 0.25) is 0 Å².